The van der Waals surface area contributed by atoms with Crippen molar-refractivity contribution in [2.24, 2.45) is 0 Å². The van der Waals surface area contributed by atoms with Crippen LogP contribution in [0.15, 0.2) is 78.0 Å². The Balaban J connectivity index is 1.53. The van der Waals surface area contributed by atoms with Crippen molar-refractivity contribution in [2.45, 2.75) is 37.7 Å². The Bertz CT molecular complexity index is 1370. The van der Waals surface area contributed by atoms with Gasteiger partial charge in [-0.2, -0.15) is 0 Å². The maximum atomic E-state index is 12.9. The highest BCUT2D eigenvalue weighted by atomic mass is 35.5. The van der Waals surface area contributed by atoms with Crippen LogP contribution in [0.3, 0.4) is 0 Å². The normalized spacial score (nSPS) is 11.7. The van der Waals surface area contributed by atoms with Gasteiger partial charge in [0.2, 0.25) is 5.91 Å². The molecule has 2 N–H and O–H groups in total. The van der Waals surface area contributed by atoms with Crippen molar-refractivity contribution in [3.05, 3.63) is 94.8 Å². The number of Topliss-reactive ketones (excluding diaryl/α,β-unsaturated/α-hetero) is 1. The number of aryl methyl sites for hydroxylation is 1. The predicted molar refractivity (Wildman–Crippen MR) is 145 cm³/mol. The smallest absolute Gasteiger partial charge is 0.237 e. The Labute approximate surface area is 219 Å². The molecule has 184 valence electrons. The van der Waals surface area contributed by atoms with Gasteiger partial charge >= 0.3 is 0 Å². The number of hydrogen-bond donors (Lipinski definition) is 2. The number of halogens is 1. The summed E-state index contributed by atoms with van der Waals surface area (Å²) >= 11 is 7.57. The third kappa shape index (κ3) is 6.33. The van der Waals surface area contributed by atoms with E-state index in [0.717, 1.165) is 11.4 Å². The molecule has 4 rings (SSSR count). The minimum absolute atomic E-state index is 0.0233. The van der Waals surface area contributed by atoms with E-state index in [9.17, 15) is 9.59 Å². The maximum Gasteiger partial charge on any atom is 0.237 e. The second kappa shape index (κ2) is 11.4. The molecule has 36 heavy (non-hydrogen) atoms. The minimum atomic E-state index is -0.461. The molecule has 0 aliphatic carbocycles. The highest BCUT2D eigenvalue weighted by Gasteiger charge is 2.21. The van der Waals surface area contributed by atoms with Crippen LogP contribution in [-0.4, -0.2) is 31.7 Å². The Morgan fingerprint density at radius 2 is 1.69 bits per heavy atom. The summed E-state index contributed by atoms with van der Waals surface area (Å²) in [4.78, 5) is 24.4. The molecule has 0 radical (unpaired) electrons. The number of amides is 1. The molecule has 0 saturated heterocycles. The SMILES string of the molecule is CC(=O)c1ccc(NC(=O)[C@H](C)Sc2nnc(CNc3ccc(C)cc3)n2-c2cccc(Cl)c2)cc1. The van der Waals surface area contributed by atoms with E-state index in [1.54, 1.807) is 30.3 Å². The van der Waals surface area contributed by atoms with Gasteiger partial charge in [-0.25, -0.2) is 0 Å². The lowest BCUT2D eigenvalue weighted by molar-refractivity contribution is -0.115. The van der Waals surface area contributed by atoms with E-state index in [1.807, 2.05) is 60.9 Å². The zero-order valence-corrected chi connectivity index (χ0v) is 21.7. The molecule has 0 unspecified atom stereocenters. The summed E-state index contributed by atoms with van der Waals surface area (Å²) in [6, 6.07) is 22.4. The van der Waals surface area contributed by atoms with Crippen molar-refractivity contribution in [1.29, 1.82) is 0 Å². The Morgan fingerprint density at radius 1 is 1.00 bits per heavy atom. The number of carbonyl (C=O) groups excluding carboxylic acids is 2. The molecule has 1 amide bonds. The number of hydrogen-bond acceptors (Lipinski definition) is 6. The lowest BCUT2D eigenvalue weighted by Gasteiger charge is -2.15. The largest absolute Gasteiger partial charge is 0.378 e. The molecule has 1 atom stereocenters. The molecule has 7 nitrogen and oxygen atoms in total. The molecule has 3 aromatic carbocycles. The van der Waals surface area contributed by atoms with Crippen molar-refractivity contribution in [3.8, 4) is 5.69 Å². The molecule has 0 saturated carbocycles. The molecule has 0 fully saturated rings. The Morgan fingerprint density at radius 3 is 2.36 bits per heavy atom. The van der Waals surface area contributed by atoms with Crippen molar-refractivity contribution >= 4 is 46.4 Å². The molecule has 0 spiro atoms. The molecular formula is C27H26ClN5O2S. The fraction of sp³-hybridized carbons (Fsp3) is 0.185. The summed E-state index contributed by atoms with van der Waals surface area (Å²) in [5.41, 5.74) is 4.18. The summed E-state index contributed by atoms with van der Waals surface area (Å²) in [5, 5.41) is 15.8. The average Bonchev–Trinajstić information content (AvgIpc) is 3.26. The summed E-state index contributed by atoms with van der Waals surface area (Å²) < 4.78 is 1.91. The molecule has 4 aromatic rings. The van der Waals surface area contributed by atoms with Gasteiger partial charge in [-0.1, -0.05) is 47.1 Å². The van der Waals surface area contributed by atoms with Crippen LogP contribution in [0.1, 0.15) is 35.6 Å². The van der Waals surface area contributed by atoms with Crippen molar-refractivity contribution in [1.82, 2.24) is 14.8 Å². The first kappa shape index (κ1) is 25.5. The van der Waals surface area contributed by atoms with E-state index < -0.39 is 5.25 Å². The molecule has 1 aromatic heterocycles. The van der Waals surface area contributed by atoms with Gasteiger partial charge in [-0.15, -0.1) is 10.2 Å². The van der Waals surface area contributed by atoms with Crippen molar-refractivity contribution in [3.63, 3.8) is 0 Å². The monoisotopic (exact) mass is 519 g/mol. The molecule has 0 bridgehead atoms. The Hall–Kier alpha value is -3.62. The fourth-order valence-corrected chi connectivity index (χ4v) is 4.53. The van der Waals surface area contributed by atoms with Gasteiger partial charge < -0.3 is 10.6 Å². The van der Waals surface area contributed by atoms with E-state index in [-0.39, 0.29) is 11.7 Å². The lowest BCUT2D eigenvalue weighted by Crippen LogP contribution is -2.23. The molecule has 9 heteroatoms. The summed E-state index contributed by atoms with van der Waals surface area (Å²) in [7, 11) is 0. The molecule has 0 aliphatic rings. The number of ketones is 1. The average molecular weight is 520 g/mol. The van der Waals surface area contributed by atoms with Crippen LogP contribution in [0.2, 0.25) is 5.02 Å². The van der Waals surface area contributed by atoms with Crippen LogP contribution >= 0.6 is 23.4 Å². The van der Waals surface area contributed by atoms with Gasteiger partial charge in [0.15, 0.2) is 16.8 Å². The van der Waals surface area contributed by atoms with Gasteiger partial charge in [0.1, 0.15) is 0 Å². The number of thioether (sulfide) groups is 1. The van der Waals surface area contributed by atoms with E-state index in [4.69, 9.17) is 11.6 Å². The van der Waals surface area contributed by atoms with Crippen LogP contribution < -0.4 is 10.6 Å². The maximum absolute atomic E-state index is 12.9. The minimum Gasteiger partial charge on any atom is -0.378 e. The van der Waals surface area contributed by atoms with Crippen molar-refractivity contribution in [2.75, 3.05) is 10.6 Å². The van der Waals surface area contributed by atoms with Crippen LogP contribution in [-0.2, 0) is 11.3 Å². The second-order valence-electron chi connectivity index (χ2n) is 8.32. The number of benzene rings is 3. The lowest BCUT2D eigenvalue weighted by atomic mass is 10.1. The number of rotatable bonds is 9. The van der Waals surface area contributed by atoms with E-state index >= 15 is 0 Å². The van der Waals surface area contributed by atoms with Crippen LogP contribution in [0.5, 0.6) is 0 Å². The number of nitrogens with zero attached hydrogens (tertiary/aromatic N) is 3. The summed E-state index contributed by atoms with van der Waals surface area (Å²) in [6.07, 6.45) is 0. The molecule has 1 heterocycles. The van der Waals surface area contributed by atoms with E-state index in [0.29, 0.717) is 33.8 Å². The van der Waals surface area contributed by atoms with Gasteiger partial charge in [-0.05, 0) is 75.4 Å². The third-order valence-electron chi connectivity index (χ3n) is 5.48. The first-order chi connectivity index (χ1) is 17.3. The fourth-order valence-electron chi connectivity index (χ4n) is 3.46. The highest BCUT2D eigenvalue weighted by molar-refractivity contribution is 8.00. The number of carbonyl (C=O) groups is 2. The highest BCUT2D eigenvalue weighted by Crippen LogP contribution is 2.28. The topological polar surface area (TPSA) is 88.9 Å². The molecular weight excluding hydrogens is 494 g/mol. The van der Waals surface area contributed by atoms with Crippen LogP contribution in [0, 0.1) is 6.92 Å². The van der Waals surface area contributed by atoms with Crippen molar-refractivity contribution < 1.29 is 9.59 Å². The Kier molecular flexibility index (Phi) is 8.07. The third-order valence-corrected chi connectivity index (χ3v) is 6.76. The summed E-state index contributed by atoms with van der Waals surface area (Å²) in [5.74, 6) is 0.480. The van der Waals surface area contributed by atoms with E-state index in [1.165, 1.54) is 24.2 Å². The van der Waals surface area contributed by atoms with Gasteiger partial charge in [0.25, 0.3) is 0 Å². The van der Waals surface area contributed by atoms with Crippen LogP contribution in [0.25, 0.3) is 5.69 Å². The summed E-state index contributed by atoms with van der Waals surface area (Å²) in [6.45, 7) is 5.80. The first-order valence-electron chi connectivity index (χ1n) is 11.4. The second-order valence-corrected chi connectivity index (χ2v) is 10.1. The zero-order chi connectivity index (χ0) is 25.7. The standard InChI is InChI=1S/C27H26ClN5O2S/c1-17-7-11-22(12-8-17)29-16-25-31-32-27(33(25)24-6-4-5-21(28)15-24)36-19(3)26(35)30-23-13-9-20(10-14-23)18(2)34/h4-15,19,29H,16H2,1-3H3,(H,30,35)/t19-/m0/s1. The zero-order valence-electron chi connectivity index (χ0n) is 20.2. The predicted octanol–water partition coefficient (Wildman–Crippen LogP) is 6.16. The molecule has 0 aliphatic heterocycles. The van der Waals surface area contributed by atoms with E-state index in [2.05, 4.69) is 20.8 Å². The van der Waals surface area contributed by atoms with Gasteiger partial charge in [0.05, 0.1) is 17.5 Å². The first-order valence-corrected chi connectivity index (χ1v) is 12.6. The number of anilines is 2. The number of nitrogens with one attached hydrogen (secondary N) is 2. The van der Waals surface area contributed by atoms with Gasteiger partial charge in [-0.3, -0.25) is 14.2 Å². The number of aromatic nitrogens is 3. The quantitative estimate of drug-likeness (QED) is 0.203. The van der Waals surface area contributed by atoms with Gasteiger partial charge in [0, 0.05) is 22.0 Å². The van der Waals surface area contributed by atoms with Crippen LogP contribution in [0.4, 0.5) is 11.4 Å².